The number of esters is 1. The van der Waals surface area contributed by atoms with Crippen LogP contribution in [0.2, 0.25) is 0 Å². The van der Waals surface area contributed by atoms with Gasteiger partial charge in [0.05, 0.1) is 18.2 Å². The Morgan fingerprint density at radius 1 is 1.05 bits per heavy atom. The van der Waals surface area contributed by atoms with Crippen LogP contribution < -0.4 is 5.32 Å². The smallest absolute Gasteiger partial charge is 0.338 e. The quantitative estimate of drug-likeness (QED) is 0.879. The minimum atomic E-state index is -0.567. The van der Waals surface area contributed by atoms with E-state index in [0.717, 1.165) is 5.56 Å². The molecular formula is C16H14FNO3. The Labute approximate surface area is 121 Å². The zero-order valence-electron chi connectivity index (χ0n) is 11.4. The molecule has 0 unspecified atom stereocenters. The number of carbonyl (C=O) groups excluding carboxylic acids is 2. The van der Waals surface area contributed by atoms with E-state index < -0.39 is 5.97 Å². The van der Waals surface area contributed by atoms with Gasteiger partial charge in [-0.1, -0.05) is 24.3 Å². The van der Waals surface area contributed by atoms with Crippen LogP contribution in [0.5, 0.6) is 0 Å². The van der Waals surface area contributed by atoms with E-state index in [0.29, 0.717) is 0 Å². The highest BCUT2D eigenvalue weighted by Crippen LogP contribution is 2.10. The van der Waals surface area contributed by atoms with Gasteiger partial charge in [-0.15, -0.1) is 0 Å². The van der Waals surface area contributed by atoms with E-state index in [1.54, 1.807) is 30.3 Å². The van der Waals surface area contributed by atoms with E-state index in [4.69, 9.17) is 0 Å². The van der Waals surface area contributed by atoms with Crippen molar-refractivity contribution < 1.29 is 18.7 Å². The molecule has 0 aliphatic carbocycles. The Hall–Kier alpha value is -2.69. The minimum absolute atomic E-state index is 0.205. The van der Waals surface area contributed by atoms with Gasteiger partial charge in [0.2, 0.25) is 0 Å². The molecule has 0 saturated heterocycles. The SMILES string of the molecule is COC(=O)c1ccccc1C(=O)NCc1ccc(F)cc1. The van der Waals surface area contributed by atoms with Crippen LogP contribution in [0.25, 0.3) is 0 Å². The molecule has 0 aliphatic rings. The largest absolute Gasteiger partial charge is 0.465 e. The first kappa shape index (κ1) is 14.7. The number of amides is 1. The van der Waals surface area contributed by atoms with Crippen molar-refractivity contribution in [2.24, 2.45) is 0 Å². The number of hydrogen-bond donors (Lipinski definition) is 1. The molecule has 0 atom stereocenters. The Balaban J connectivity index is 2.10. The van der Waals surface area contributed by atoms with E-state index in [1.807, 2.05) is 0 Å². The second kappa shape index (κ2) is 6.65. The maximum absolute atomic E-state index is 12.8. The molecule has 2 aromatic carbocycles. The Morgan fingerprint density at radius 3 is 2.29 bits per heavy atom. The molecule has 0 fully saturated rings. The van der Waals surface area contributed by atoms with E-state index in [-0.39, 0.29) is 29.4 Å². The average Bonchev–Trinajstić information content (AvgIpc) is 2.53. The normalized spacial score (nSPS) is 10.0. The van der Waals surface area contributed by atoms with E-state index in [1.165, 1.54) is 25.3 Å². The molecule has 0 bridgehead atoms. The summed E-state index contributed by atoms with van der Waals surface area (Å²) < 4.78 is 17.4. The fourth-order valence-electron chi connectivity index (χ4n) is 1.85. The fraction of sp³-hybridized carbons (Fsp3) is 0.125. The van der Waals surface area contributed by atoms with Gasteiger partial charge in [-0.2, -0.15) is 0 Å². The third-order valence-electron chi connectivity index (χ3n) is 2.94. The van der Waals surface area contributed by atoms with Crippen molar-refractivity contribution in [2.45, 2.75) is 6.54 Å². The van der Waals surface area contributed by atoms with Crippen molar-refractivity contribution >= 4 is 11.9 Å². The van der Waals surface area contributed by atoms with Gasteiger partial charge >= 0.3 is 5.97 Å². The molecule has 5 heteroatoms. The van der Waals surface area contributed by atoms with Gasteiger partial charge < -0.3 is 10.1 Å². The highest BCUT2D eigenvalue weighted by atomic mass is 19.1. The number of rotatable bonds is 4. The molecule has 1 N–H and O–H groups in total. The third kappa shape index (κ3) is 3.66. The van der Waals surface area contributed by atoms with Crippen molar-refractivity contribution in [3.8, 4) is 0 Å². The maximum atomic E-state index is 12.8. The van der Waals surface area contributed by atoms with Crippen molar-refractivity contribution in [2.75, 3.05) is 7.11 Å². The van der Waals surface area contributed by atoms with Crippen LogP contribution in [0.1, 0.15) is 26.3 Å². The highest BCUT2D eigenvalue weighted by molar-refractivity contribution is 6.05. The van der Waals surface area contributed by atoms with Gasteiger partial charge in [-0.05, 0) is 29.8 Å². The Morgan fingerprint density at radius 2 is 1.67 bits per heavy atom. The average molecular weight is 287 g/mol. The summed E-state index contributed by atoms with van der Waals surface area (Å²) in [6.45, 7) is 0.245. The van der Waals surface area contributed by atoms with Crippen LogP contribution in [-0.4, -0.2) is 19.0 Å². The van der Waals surface area contributed by atoms with E-state index >= 15 is 0 Å². The molecule has 0 aliphatic heterocycles. The van der Waals surface area contributed by atoms with Crippen molar-refractivity contribution in [3.05, 3.63) is 71.0 Å². The highest BCUT2D eigenvalue weighted by Gasteiger charge is 2.16. The lowest BCUT2D eigenvalue weighted by molar-refractivity contribution is 0.0596. The van der Waals surface area contributed by atoms with Crippen molar-refractivity contribution in [3.63, 3.8) is 0 Å². The first-order chi connectivity index (χ1) is 10.1. The number of ether oxygens (including phenoxy) is 1. The van der Waals surface area contributed by atoms with Crippen molar-refractivity contribution in [1.82, 2.24) is 5.32 Å². The first-order valence-corrected chi connectivity index (χ1v) is 6.32. The summed E-state index contributed by atoms with van der Waals surface area (Å²) in [5.41, 5.74) is 1.21. The molecule has 0 saturated carbocycles. The fourth-order valence-corrected chi connectivity index (χ4v) is 1.85. The third-order valence-corrected chi connectivity index (χ3v) is 2.94. The summed E-state index contributed by atoms with van der Waals surface area (Å²) in [5.74, 6) is -1.29. The Kier molecular flexibility index (Phi) is 4.66. The molecule has 0 radical (unpaired) electrons. The predicted octanol–water partition coefficient (Wildman–Crippen LogP) is 2.54. The summed E-state index contributed by atoms with van der Waals surface area (Å²) in [6.07, 6.45) is 0. The molecule has 2 aromatic rings. The lowest BCUT2D eigenvalue weighted by atomic mass is 10.1. The number of carbonyl (C=O) groups is 2. The summed E-state index contributed by atoms with van der Waals surface area (Å²) in [5, 5.41) is 2.68. The van der Waals surface area contributed by atoms with Crippen LogP contribution in [0.3, 0.4) is 0 Å². The zero-order chi connectivity index (χ0) is 15.2. The van der Waals surface area contributed by atoms with Gasteiger partial charge in [-0.3, -0.25) is 4.79 Å². The van der Waals surface area contributed by atoms with Gasteiger partial charge in [0.25, 0.3) is 5.91 Å². The molecule has 2 rings (SSSR count). The number of benzene rings is 2. The van der Waals surface area contributed by atoms with E-state index in [9.17, 15) is 14.0 Å². The minimum Gasteiger partial charge on any atom is -0.465 e. The van der Waals surface area contributed by atoms with Crippen LogP contribution >= 0.6 is 0 Å². The molecule has 0 spiro atoms. The molecular weight excluding hydrogens is 273 g/mol. The second-order valence-corrected chi connectivity index (χ2v) is 4.35. The summed E-state index contributed by atoms with van der Waals surface area (Å²) in [7, 11) is 1.26. The Bertz CT molecular complexity index is 653. The molecule has 21 heavy (non-hydrogen) atoms. The number of hydrogen-bond acceptors (Lipinski definition) is 3. The van der Waals surface area contributed by atoms with Crippen LogP contribution in [0.4, 0.5) is 4.39 Å². The molecule has 108 valence electrons. The lowest BCUT2D eigenvalue weighted by Gasteiger charge is -2.09. The first-order valence-electron chi connectivity index (χ1n) is 6.32. The number of methoxy groups -OCH3 is 1. The van der Waals surface area contributed by atoms with Crippen LogP contribution in [0.15, 0.2) is 48.5 Å². The summed E-state index contributed by atoms with van der Waals surface area (Å²) in [6, 6.07) is 12.2. The van der Waals surface area contributed by atoms with E-state index in [2.05, 4.69) is 10.1 Å². The number of nitrogens with one attached hydrogen (secondary N) is 1. The van der Waals surface area contributed by atoms with Crippen molar-refractivity contribution in [1.29, 1.82) is 0 Å². The zero-order valence-corrected chi connectivity index (χ0v) is 11.4. The number of halogens is 1. The van der Waals surface area contributed by atoms with Crippen LogP contribution in [-0.2, 0) is 11.3 Å². The monoisotopic (exact) mass is 287 g/mol. The molecule has 1 amide bonds. The van der Waals surface area contributed by atoms with Gasteiger partial charge in [0, 0.05) is 6.54 Å². The summed E-state index contributed by atoms with van der Waals surface area (Å²) >= 11 is 0. The van der Waals surface area contributed by atoms with Gasteiger partial charge in [0.1, 0.15) is 5.82 Å². The molecule has 0 aromatic heterocycles. The predicted molar refractivity (Wildman–Crippen MR) is 75.4 cm³/mol. The maximum Gasteiger partial charge on any atom is 0.338 e. The standard InChI is InChI=1S/C16H14FNO3/c1-21-16(20)14-5-3-2-4-13(14)15(19)18-10-11-6-8-12(17)9-7-11/h2-9H,10H2,1H3,(H,18,19). The van der Waals surface area contributed by atoms with Gasteiger partial charge in [0.15, 0.2) is 0 Å². The molecule has 4 nitrogen and oxygen atoms in total. The molecule has 0 heterocycles. The topological polar surface area (TPSA) is 55.4 Å². The second-order valence-electron chi connectivity index (χ2n) is 4.35. The van der Waals surface area contributed by atoms with Gasteiger partial charge in [-0.25, -0.2) is 9.18 Å². The lowest BCUT2D eigenvalue weighted by Crippen LogP contribution is -2.25. The van der Waals surface area contributed by atoms with Crippen LogP contribution in [0, 0.1) is 5.82 Å². The summed E-state index contributed by atoms with van der Waals surface area (Å²) in [4.78, 5) is 23.7.